The summed E-state index contributed by atoms with van der Waals surface area (Å²) in [5, 5.41) is 20.1. The summed E-state index contributed by atoms with van der Waals surface area (Å²) >= 11 is 0. The van der Waals surface area contributed by atoms with Gasteiger partial charge in [0, 0.05) is 26.2 Å². The minimum absolute atomic E-state index is 0.0417. The van der Waals surface area contributed by atoms with Gasteiger partial charge in [0.2, 0.25) is 0 Å². The van der Waals surface area contributed by atoms with E-state index in [1.807, 2.05) is 0 Å². The minimum atomic E-state index is -5.08. The van der Waals surface area contributed by atoms with E-state index in [4.69, 9.17) is 19.8 Å². The minimum Gasteiger partial charge on any atom is -0.475 e. The number of aliphatic carboxylic acids is 2. The number of carboxylic acids is 2. The lowest BCUT2D eigenvalue weighted by Crippen LogP contribution is -2.47. The van der Waals surface area contributed by atoms with Crippen molar-refractivity contribution in [3.63, 3.8) is 0 Å². The first-order valence-electron chi connectivity index (χ1n) is 6.55. The Balaban J connectivity index is 0. The Kier molecular flexibility index (Phi) is 11.2. The first-order valence-corrected chi connectivity index (χ1v) is 6.55. The molecule has 1 fully saturated rings. The van der Waals surface area contributed by atoms with Gasteiger partial charge in [-0.05, 0) is 5.92 Å². The maximum atomic E-state index is 11.6. The fourth-order valence-electron chi connectivity index (χ4n) is 1.03. The molecule has 0 aliphatic carbocycles. The average molecular weight is 410 g/mol. The fraction of sp³-hybridized carbons (Fsp3) is 0.818. The summed E-state index contributed by atoms with van der Waals surface area (Å²) < 4.78 is 98.3. The zero-order valence-corrected chi connectivity index (χ0v) is 12.7. The van der Waals surface area contributed by atoms with E-state index in [2.05, 4.69) is 10.6 Å². The van der Waals surface area contributed by atoms with Gasteiger partial charge in [-0.3, -0.25) is 0 Å². The molecule has 0 bridgehead atoms. The number of hydrogen-bond acceptors (Lipinski definition) is 4. The molecule has 1 rings (SSSR count). The second kappa shape index (κ2) is 11.1. The third-order valence-corrected chi connectivity index (χ3v) is 2.37. The Morgan fingerprint density at radius 3 is 1.42 bits per heavy atom. The molecular weight excluding hydrogens is 395 g/mol. The SMILES string of the molecule is FC(F)(F)CCNCC1CNC1.O=C(O)C(F)(F)F.O=C(O)C(F)(F)F. The molecule has 0 unspecified atom stereocenters. The number of halogens is 9. The largest absolute Gasteiger partial charge is 0.490 e. The van der Waals surface area contributed by atoms with Crippen LogP contribution in [0.1, 0.15) is 6.42 Å². The highest BCUT2D eigenvalue weighted by molar-refractivity contribution is 5.73. The highest BCUT2D eigenvalue weighted by Gasteiger charge is 2.38. The molecule has 26 heavy (non-hydrogen) atoms. The Bertz CT molecular complexity index is 407. The van der Waals surface area contributed by atoms with Gasteiger partial charge in [0.25, 0.3) is 0 Å². The maximum Gasteiger partial charge on any atom is 0.490 e. The number of carboxylic acid groups (broad SMARTS) is 2. The molecule has 0 aromatic rings. The van der Waals surface area contributed by atoms with E-state index in [1.165, 1.54) is 0 Å². The fourth-order valence-corrected chi connectivity index (χ4v) is 1.03. The van der Waals surface area contributed by atoms with Crippen LogP contribution in [0.15, 0.2) is 0 Å². The quantitative estimate of drug-likeness (QED) is 0.418. The summed E-state index contributed by atoms with van der Waals surface area (Å²) in [5.41, 5.74) is 0. The van der Waals surface area contributed by atoms with Gasteiger partial charge in [0.15, 0.2) is 0 Å². The van der Waals surface area contributed by atoms with Gasteiger partial charge in [0.1, 0.15) is 0 Å². The van der Waals surface area contributed by atoms with Crippen LogP contribution in [0.25, 0.3) is 0 Å². The van der Waals surface area contributed by atoms with Crippen molar-refractivity contribution in [3.05, 3.63) is 0 Å². The highest BCUT2D eigenvalue weighted by atomic mass is 19.4. The van der Waals surface area contributed by atoms with Gasteiger partial charge in [-0.2, -0.15) is 39.5 Å². The molecular formula is C11H15F9N2O4. The topological polar surface area (TPSA) is 98.7 Å². The van der Waals surface area contributed by atoms with Crippen LogP contribution in [-0.2, 0) is 9.59 Å². The molecule has 0 aromatic heterocycles. The number of nitrogens with one attached hydrogen (secondary N) is 2. The van der Waals surface area contributed by atoms with Crippen molar-refractivity contribution in [2.75, 3.05) is 26.2 Å². The molecule has 0 spiro atoms. The van der Waals surface area contributed by atoms with E-state index in [0.29, 0.717) is 12.5 Å². The normalized spacial score (nSPS) is 15.0. The van der Waals surface area contributed by atoms with E-state index in [0.717, 1.165) is 13.1 Å². The zero-order chi connectivity index (χ0) is 21.2. The van der Waals surface area contributed by atoms with Crippen molar-refractivity contribution in [2.45, 2.75) is 24.9 Å². The summed E-state index contributed by atoms with van der Waals surface area (Å²) in [7, 11) is 0. The van der Waals surface area contributed by atoms with Crippen molar-refractivity contribution in [3.8, 4) is 0 Å². The van der Waals surface area contributed by atoms with Gasteiger partial charge in [0.05, 0.1) is 6.42 Å². The van der Waals surface area contributed by atoms with Crippen LogP contribution < -0.4 is 10.6 Å². The first-order chi connectivity index (χ1) is 11.5. The molecule has 0 amide bonds. The monoisotopic (exact) mass is 410 g/mol. The second-order valence-corrected chi connectivity index (χ2v) is 4.70. The van der Waals surface area contributed by atoms with E-state index in [1.54, 1.807) is 0 Å². The van der Waals surface area contributed by atoms with Crippen LogP contribution in [-0.4, -0.2) is 66.9 Å². The predicted octanol–water partition coefficient (Wildman–Crippen LogP) is 2.01. The van der Waals surface area contributed by atoms with Gasteiger partial charge in [-0.25, -0.2) is 9.59 Å². The molecule has 0 aromatic carbocycles. The van der Waals surface area contributed by atoms with Gasteiger partial charge < -0.3 is 20.8 Å². The van der Waals surface area contributed by atoms with Crippen LogP contribution in [0.2, 0.25) is 0 Å². The van der Waals surface area contributed by atoms with E-state index >= 15 is 0 Å². The third kappa shape index (κ3) is 17.1. The molecule has 156 valence electrons. The number of carbonyl (C=O) groups is 2. The third-order valence-electron chi connectivity index (χ3n) is 2.37. The van der Waals surface area contributed by atoms with Crippen molar-refractivity contribution in [1.82, 2.24) is 10.6 Å². The van der Waals surface area contributed by atoms with Crippen molar-refractivity contribution in [2.24, 2.45) is 5.92 Å². The Hall–Kier alpha value is -1.77. The molecule has 0 radical (unpaired) electrons. The van der Waals surface area contributed by atoms with Gasteiger partial charge in [-0.15, -0.1) is 0 Å². The standard InChI is InChI=1S/C7H13F3N2.2C2HF3O2/c8-7(9,10)1-2-11-3-6-4-12-5-6;2*3-2(4,5)1(6)7/h6,11-12H,1-5H2;2*(H,6,7). The predicted molar refractivity (Wildman–Crippen MR) is 67.3 cm³/mol. The maximum absolute atomic E-state index is 11.6. The smallest absolute Gasteiger partial charge is 0.475 e. The Morgan fingerprint density at radius 1 is 0.885 bits per heavy atom. The molecule has 4 N–H and O–H groups in total. The lowest BCUT2D eigenvalue weighted by molar-refractivity contribution is -0.193. The Labute approximate surface area is 140 Å². The van der Waals surface area contributed by atoms with Crippen molar-refractivity contribution < 1.29 is 59.3 Å². The van der Waals surface area contributed by atoms with Crippen molar-refractivity contribution in [1.29, 1.82) is 0 Å². The van der Waals surface area contributed by atoms with Gasteiger partial charge >= 0.3 is 30.5 Å². The average Bonchev–Trinajstić information content (AvgIpc) is 2.34. The zero-order valence-electron chi connectivity index (χ0n) is 12.7. The molecule has 6 nitrogen and oxygen atoms in total. The van der Waals surface area contributed by atoms with Crippen LogP contribution >= 0.6 is 0 Å². The summed E-state index contributed by atoms with van der Waals surface area (Å²) in [6.45, 7) is 2.60. The highest BCUT2D eigenvalue weighted by Crippen LogP contribution is 2.18. The summed E-state index contributed by atoms with van der Waals surface area (Å²) in [6.07, 6.45) is -14.9. The lowest BCUT2D eigenvalue weighted by Gasteiger charge is -2.27. The molecule has 0 atom stereocenters. The van der Waals surface area contributed by atoms with E-state index < -0.39 is 36.9 Å². The molecule has 15 heteroatoms. The molecule has 1 aliphatic rings. The van der Waals surface area contributed by atoms with Gasteiger partial charge in [-0.1, -0.05) is 0 Å². The Morgan fingerprint density at radius 2 is 1.23 bits per heavy atom. The summed E-state index contributed by atoms with van der Waals surface area (Å²) in [4.78, 5) is 17.8. The molecule has 0 saturated carbocycles. The summed E-state index contributed by atoms with van der Waals surface area (Å²) in [6, 6.07) is 0. The number of hydrogen-bond donors (Lipinski definition) is 4. The van der Waals surface area contributed by atoms with Crippen LogP contribution in [0.3, 0.4) is 0 Å². The number of alkyl halides is 9. The van der Waals surface area contributed by atoms with Crippen LogP contribution in [0, 0.1) is 5.92 Å². The summed E-state index contributed by atoms with van der Waals surface area (Å²) in [5.74, 6) is -4.99. The van der Waals surface area contributed by atoms with Crippen LogP contribution in [0.4, 0.5) is 39.5 Å². The first kappa shape index (κ1) is 26.5. The lowest BCUT2D eigenvalue weighted by atomic mass is 10.0. The van der Waals surface area contributed by atoms with E-state index in [-0.39, 0.29) is 6.54 Å². The molecule has 1 saturated heterocycles. The molecule has 1 aliphatic heterocycles. The van der Waals surface area contributed by atoms with Crippen molar-refractivity contribution >= 4 is 11.9 Å². The second-order valence-electron chi connectivity index (χ2n) is 4.70. The van der Waals surface area contributed by atoms with E-state index in [9.17, 15) is 39.5 Å². The van der Waals surface area contributed by atoms with Crippen LogP contribution in [0.5, 0.6) is 0 Å². The molecule has 1 heterocycles. The number of rotatable bonds is 4.